The second-order valence-electron chi connectivity index (χ2n) is 2.81. The van der Waals surface area contributed by atoms with Crippen LogP contribution in [-0.2, 0) is 6.54 Å². The lowest BCUT2D eigenvalue weighted by molar-refractivity contribution is 0.348. The molecule has 84 valence electrons. The van der Waals surface area contributed by atoms with Gasteiger partial charge in [0.05, 0.1) is 26.4 Å². The third kappa shape index (κ3) is 2.11. The van der Waals surface area contributed by atoms with Gasteiger partial charge in [-0.15, -0.1) is 0 Å². The number of halogens is 1. The second kappa shape index (κ2) is 5.09. The minimum Gasteiger partial charge on any atom is -0.496 e. The Hall–Kier alpha value is -1.13. The van der Waals surface area contributed by atoms with E-state index in [0.717, 1.165) is 0 Å². The molecule has 0 spiro atoms. The first-order valence-corrected chi connectivity index (χ1v) is 4.74. The molecular weight excluding hydrogens is 218 g/mol. The van der Waals surface area contributed by atoms with Crippen LogP contribution in [0.15, 0.2) is 6.07 Å². The third-order valence-corrected chi connectivity index (χ3v) is 2.50. The van der Waals surface area contributed by atoms with Gasteiger partial charge in [0, 0.05) is 18.2 Å². The van der Waals surface area contributed by atoms with Crippen molar-refractivity contribution in [3.8, 4) is 17.2 Å². The van der Waals surface area contributed by atoms with Crippen molar-refractivity contribution in [2.45, 2.75) is 6.54 Å². The monoisotopic (exact) mass is 231 g/mol. The zero-order valence-electron chi connectivity index (χ0n) is 8.96. The van der Waals surface area contributed by atoms with Crippen molar-refractivity contribution in [3.63, 3.8) is 0 Å². The molecule has 0 aliphatic carbocycles. The molecule has 15 heavy (non-hydrogen) atoms. The van der Waals surface area contributed by atoms with E-state index in [-0.39, 0.29) is 6.54 Å². The highest BCUT2D eigenvalue weighted by Crippen LogP contribution is 2.42. The van der Waals surface area contributed by atoms with Gasteiger partial charge in [0.15, 0.2) is 11.5 Å². The van der Waals surface area contributed by atoms with Gasteiger partial charge >= 0.3 is 0 Å². The fourth-order valence-electron chi connectivity index (χ4n) is 1.34. The maximum Gasteiger partial charge on any atom is 0.179 e. The highest BCUT2D eigenvalue weighted by atomic mass is 35.5. The SMILES string of the molecule is COc1cc(OC)c(OC)c(Cl)c1CN. The lowest BCUT2D eigenvalue weighted by Crippen LogP contribution is -2.03. The normalized spacial score (nSPS) is 9.93. The van der Waals surface area contributed by atoms with Crippen molar-refractivity contribution >= 4 is 11.6 Å². The Morgan fingerprint density at radius 1 is 1.13 bits per heavy atom. The quantitative estimate of drug-likeness (QED) is 0.859. The van der Waals surface area contributed by atoms with Crippen LogP contribution in [0, 0.1) is 0 Å². The largest absolute Gasteiger partial charge is 0.496 e. The van der Waals surface area contributed by atoms with Crippen LogP contribution in [0.25, 0.3) is 0 Å². The average Bonchev–Trinajstić information content (AvgIpc) is 2.27. The summed E-state index contributed by atoms with van der Waals surface area (Å²) < 4.78 is 15.4. The van der Waals surface area contributed by atoms with Gasteiger partial charge < -0.3 is 19.9 Å². The van der Waals surface area contributed by atoms with Crippen LogP contribution in [0.5, 0.6) is 17.2 Å². The number of hydrogen-bond acceptors (Lipinski definition) is 4. The van der Waals surface area contributed by atoms with Gasteiger partial charge in [0.2, 0.25) is 0 Å². The molecule has 0 saturated carbocycles. The van der Waals surface area contributed by atoms with Crippen molar-refractivity contribution in [1.82, 2.24) is 0 Å². The van der Waals surface area contributed by atoms with E-state index in [1.807, 2.05) is 0 Å². The number of ether oxygens (including phenoxy) is 3. The van der Waals surface area contributed by atoms with Gasteiger partial charge in [0.25, 0.3) is 0 Å². The zero-order chi connectivity index (χ0) is 11.4. The first kappa shape index (κ1) is 11.9. The molecular formula is C10H14ClNO3. The molecule has 0 bridgehead atoms. The van der Waals surface area contributed by atoms with Crippen molar-refractivity contribution in [1.29, 1.82) is 0 Å². The van der Waals surface area contributed by atoms with Crippen LogP contribution < -0.4 is 19.9 Å². The van der Waals surface area contributed by atoms with E-state index >= 15 is 0 Å². The molecule has 0 aliphatic rings. The molecule has 0 fully saturated rings. The van der Waals surface area contributed by atoms with Crippen molar-refractivity contribution in [2.75, 3.05) is 21.3 Å². The summed E-state index contributed by atoms with van der Waals surface area (Å²) in [4.78, 5) is 0. The minimum atomic E-state index is 0.280. The van der Waals surface area contributed by atoms with Gasteiger partial charge in [0.1, 0.15) is 5.75 Å². The number of methoxy groups -OCH3 is 3. The van der Waals surface area contributed by atoms with E-state index in [0.29, 0.717) is 27.8 Å². The van der Waals surface area contributed by atoms with Crippen molar-refractivity contribution < 1.29 is 14.2 Å². The zero-order valence-corrected chi connectivity index (χ0v) is 9.72. The van der Waals surface area contributed by atoms with E-state index in [9.17, 15) is 0 Å². The van der Waals surface area contributed by atoms with Crippen LogP contribution >= 0.6 is 11.6 Å². The summed E-state index contributed by atoms with van der Waals surface area (Å²) >= 11 is 6.11. The highest BCUT2D eigenvalue weighted by Gasteiger charge is 2.17. The van der Waals surface area contributed by atoms with Crippen LogP contribution in [0.3, 0.4) is 0 Å². The predicted octanol–water partition coefficient (Wildman–Crippen LogP) is 1.82. The lowest BCUT2D eigenvalue weighted by atomic mass is 10.1. The van der Waals surface area contributed by atoms with Crippen LogP contribution in [0.1, 0.15) is 5.56 Å². The van der Waals surface area contributed by atoms with Crippen molar-refractivity contribution in [2.24, 2.45) is 5.73 Å². The predicted molar refractivity (Wildman–Crippen MR) is 59.0 cm³/mol. The molecule has 0 aromatic heterocycles. The molecule has 0 amide bonds. The summed E-state index contributed by atoms with van der Waals surface area (Å²) in [5.41, 5.74) is 6.29. The molecule has 0 saturated heterocycles. The Balaban J connectivity index is 3.41. The van der Waals surface area contributed by atoms with Crippen molar-refractivity contribution in [3.05, 3.63) is 16.7 Å². The summed E-state index contributed by atoms with van der Waals surface area (Å²) in [6.07, 6.45) is 0. The Labute approximate surface area is 93.9 Å². The molecule has 0 heterocycles. The van der Waals surface area contributed by atoms with E-state index in [1.54, 1.807) is 13.2 Å². The molecule has 2 N–H and O–H groups in total. The van der Waals surface area contributed by atoms with Crippen LogP contribution in [0.4, 0.5) is 0 Å². The summed E-state index contributed by atoms with van der Waals surface area (Å²) in [5, 5.41) is 0.427. The molecule has 4 nitrogen and oxygen atoms in total. The molecule has 0 aliphatic heterocycles. The smallest absolute Gasteiger partial charge is 0.179 e. The third-order valence-electron chi connectivity index (χ3n) is 2.10. The highest BCUT2D eigenvalue weighted by molar-refractivity contribution is 6.33. The molecule has 0 radical (unpaired) electrons. The molecule has 1 aromatic carbocycles. The maximum absolute atomic E-state index is 6.11. The lowest BCUT2D eigenvalue weighted by Gasteiger charge is -2.15. The topological polar surface area (TPSA) is 53.7 Å². The maximum atomic E-state index is 6.11. The summed E-state index contributed by atoms with van der Waals surface area (Å²) in [7, 11) is 4.61. The Kier molecular flexibility index (Phi) is 4.05. The molecule has 1 rings (SSSR count). The fraction of sp³-hybridized carbons (Fsp3) is 0.400. The Morgan fingerprint density at radius 2 is 1.73 bits per heavy atom. The Bertz CT molecular complexity index is 325. The molecule has 5 heteroatoms. The first-order valence-electron chi connectivity index (χ1n) is 4.37. The van der Waals surface area contributed by atoms with Crippen LogP contribution in [-0.4, -0.2) is 21.3 Å². The number of nitrogens with two attached hydrogens (primary N) is 1. The van der Waals surface area contributed by atoms with Gasteiger partial charge in [-0.05, 0) is 0 Å². The van der Waals surface area contributed by atoms with Gasteiger partial charge in [-0.1, -0.05) is 11.6 Å². The van der Waals surface area contributed by atoms with Gasteiger partial charge in [-0.2, -0.15) is 0 Å². The number of rotatable bonds is 4. The average molecular weight is 232 g/mol. The van der Waals surface area contributed by atoms with Gasteiger partial charge in [-0.3, -0.25) is 0 Å². The fourth-order valence-corrected chi connectivity index (χ4v) is 1.68. The Morgan fingerprint density at radius 3 is 2.13 bits per heavy atom. The first-order chi connectivity index (χ1) is 7.19. The van der Waals surface area contributed by atoms with E-state index in [4.69, 9.17) is 31.5 Å². The second-order valence-corrected chi connectivity index (χ2v) is 3.19. The van der Waals surface area contributed by atoms with E-state index < -0.39 is 0 Å². The van der Waals surface area contributed by atoms with Gasteiger partial charge in [-0.25, -0.2) is 0 Å². The molecule has 1 aromatic rings. The standard InChI is InChI=1S/C10H14ClNO3/c1-13-7-4-8(14-2)10(15-3)9(11)6(7)5-12/h4H,5,12H2,1-3H3. The number of hydrogen-bond donors (Lipinski definition) is 1. The minimum absolute atomic E-state index is 0.280. The molecule has 0 atom stereocenters. The number of benzene rings is 1. The summed E-state index contributed by atoms with van der Waals surface area (Å²) in [6, 6.07) is 1.70. The van der Waals surface area contributed by atoms with E-state index in [2.05, 4.69) is 0 Å². The van der Waals surface area contributed by atoms with E-state index in [1.165, 1.54) is 14.2 Å². The molecule has 0 unspecified atom stereocenters. The van der Waals surface area contributed by atoms with Crippen LogP contribution in [0.2, 0.25) is 5.02 Å². The summed E-state index contributed by atoms with van der Waals surface area (Å²) in [5.74, 6) is 1.59. The summed E-state index contributed by atoms with van der Waals surface area (Å²) in [6.45, 7) is 0.280.